The lowest BCUT2D eigenvalue weighted by Gasteiger charge is -2.21. The summed E-state index contributed by atoms with van der Waals surface area (Å²) in [7, 11) is 1.95. The third kappa shape index (κ3) is 6.83. The third-order valence-corrected chi connectivity index (χ3v) is 4.07. The first-order valence-electron chi connectivity index (χ1n) is 8.80. The van der Waals surface area contributed by atoms with Gasteiger partial charge >= 0.3 is 0 Å². The fraction of sp³-hybridized carbons (Fsp3) is 0.706. The Bertz CT molecular complexity index is 571. The van der Waals surface area contributed by atoms with Gasteiger partial charge in [0.15, 0.2) is 5.96 Å². The molecule has 2 N–H and O–H groups in total. The highest BCUT2D eigenvalue weighted by atomic mass is 127. The van der Waals surface area contributed by atoms with Crippen molar-refractivity contribution in [1.29, 1.82) is 0 Å². The zero-order chi connectivity index (χ0) is 17.5. The summed E-state index contributed by atoms with van der Waals surface area (Å²) in [6.45, 7) is 9.25. The zero-order valence-corrected chi connectivity index (χ0v) is 18.0. The van der Waals surface area contributed by atoms with Crippen molar-refractivity contribution in [2.75, 3.05) is 26.2 Å². The van der Waals surface area contributed by atoms with E-state index in [4.69, 9.17) is 0 Å². The molecule has 1 aromatic heterocycles. The van der Waals surface area contributed by atoms with E-state index >= 15 is 0 Å². The summed E-state index contributed by atoms with van der Waals surface area (Å²) in [4.78, 5) is 18.6. The smallest absolute Gasteiger partial charge is 0.222 e. The number of hydrogen-bond donors (Lipinski definition) is 2. The first-order chi connectivity index (χ1) is 11.5. The Kier molecular flexibility index (Phi) is 9.23. The normalized spacial score (nSPS) is 17.6. The molecule has 1 amide bonds. The summed E-state index contributed by atoms with van der Waals surface area (Å²) >= 11 is 0. The number of carbonyl (C=O) groups excluding carboxylic acids is 1. The second-order valence-electron chi connectivity index (χ2n) is 6.59. The number of hydrogen-bond acceptors (Lipinski definition) is 3. The van der Waals surface area contributed by atoms with Crippen LogP contribution in [0.5, 0.6) is 0 Å². The number of carbonyl (C=O) groups is 1. The predicted octanol–water partition coefficient (Wildman–Crippen LogP) is 1.71. The molecule has 1 aliphatic rings. The Morgan fingerprint density at radius 3 is 2.84 bits per heavy atom. The van der Waals surface area contributed by atoms with E-state index in [1.807, 2.05) is 31.8 Å². The lowest BCUT2D eigenvalue weighted by molar-refractivity contribution is -0.121. The molecule has 7 nitrogen and oxygen atoms in total. The van der Waals surface area contributed by atoms with Crippen LogP contribution in [0.2, 0.25) is 0 Å². The molecule has 1 aliphatic heterocycles. The van der Waals surface area contributed by atoms with Crippen LogP contribution in [0.3, 0.4) is 0 Å². The van der Waals surface area contributed by atoms with Gasteiger partial charge in [-0.3, -0.25) is 14.5 Å². The van der Waals surface area contributed by atoms with Crippen LogP contribution >= 0.6 is 24.0 Å². The van der Waals surface area contributed by atoms with Crippen molar-refractivity contribution >= 4 is 35.8 Å². The number of halogens is 1. The molecular weight excluding hydrogens is 431 g/mol. The Labute approximate surface area is 167 Å². The SMILES string of the molecule is CCNC(=NCCC(=O)NC(C)C)N1CCC(c2cnn(C)c2)C1.I. The van der Waals surface area contributed by atoms with Crippen molar-refractivity contribution < 1.29 is 4.79 Å². The molecule has 25 heavy (non-hydrogen) atoms. The maximum Gasteiger partial charge on any atom is 0.222 e. The van der Waals surface area contributed by atoms with Crippen molar-refractivity contribution in [3.63, 3.8) is 0 Å². The minimum Gasteiger partial charge on any atom is -0.357 e. The maximum absolute atomic E-state index is 11.7. The van der Waals surface area contributed by atoms with Crippen LogP contribution in [0.15, 0.2) is 17.4 Å². The molecule has 0 saturated carbocycles. The van der Waals surface area contributed by atoms with Crippen LogP contribution in [0.1, 0.15) is 45.1 Å². The molecule has 1 atom stereocenters. The topological polar surface area (TPSA) is 74.6 Å². The molecule has 142 valence electrons. The van der Waals surface area contributed by atoms with E-state index in [2.05, 4.69) is 38.7 Å². The number of aromatic nitrogens is 2. The Hall–Kier alpha value is -1.32. The highest BCUT2D eigenvalue weighted by Gasteiger charge is 2.26. The van der Waals surface area contributed by atoms with Crippen molar-refractivity contribution in [1.82, 2.24) is 25.3 Å². The molecule has 1 saturated heterocycles. The largest absolute Gasteiger partial charge is 0.357 e. The summed E-state index contributed by atoms with van der Waals surface area (Å²) < 4.78 is 1.85. The van der Waals surface area contributed by atoms with Crippen molar-refractivity contribution in [3.05, 3.63) is 18.0 Å². The Morgan fingerprint density at radius 2 is 2.24 bits per heavy atom. The number of likely N-dealkylation sites (tertiary alicyclic amines) is 1. The second-order valence-corrected chi connectivity index (χ2v) is 6.59. The van der Waals surface area contributed by atoms with Gasteiger partial charge in [-0.25, -0.2) is 0 Å². The number of aliphatic imine (C=N–C) groups is 1. The van der Waals surface area contributed by atoms with E-state index in [1.165, 1.54) is 5.56 Å². The predicted molar refractivity (Wildman–Crippen MR) is 111 cm³/mol. The van der Waals surface area contributed by atoms with Gasteiger partial charge in [-0.05, 0) is 32.8 Å². The summed E-state index contributed by atoms with van der Waals surface area (Å²) in [6, 6.07) is 0.175. The first kappa shape index (κ1) is 21.7. The summed E-state index contributed by atoms with van der Waals surface area (Å²) in [5, 5.41) is 10.5. The number of guanidine groups is 1. The van der Waals surface area contributed by atoms with Crippen LogP contribution in [-0.2, 0) is 11.8 Å². The number of nitrogens with zero attached hydrogens (tertiary/aromatic N) is 4. The van der Waals surface area contributed by atoms with Crippen LogP contribution in [0, 0.1) is 0 Å². The van der Waals surface area contributed by atoms with E-state index in [0.29, 0.717) is 18.9 Å². The third-order valence-electron chi connectivity index (χ3n) is 4.07. The van der Waals surface area contributed by atoms with E-state index < -0.39 is 0 Å². The zero-order valence-electron chi connectivity index (χ0n) is 15.7. The summed E-state index contributed by atoms with van der Waals surface area (Å²) in [5.74, 6) is 1.45. The van der Waals surface area contributed by atoms with Gasteiger partial charge in [0.05, 0.1) is 12.7 Å². The van der Waals surface area contributed by atoms with Gasteiger partial charge in [0.1, 0.15) is 0 Å². The molecule has 1 fully saturated rings. The molecule has 2 rings (SSSR count). The minimum absolute atomic E-state index is 0. The average molecular weight is 462 g/mol. The van der Waals surface area contributed by atoms with Crippen LogP contribution in [0.4, 0.5) is 0 Å². The van der Waals surface area contributed by atoms with Gasteiger partial charge in [-0.2, -0.15) is 5.10 Å². The van der Waals surface area contributed by atoms with Gasteiger partial charge in [0.2, 0.25) is 5.91 Å². The van der Waals surface area contributed by atoms with E-state index in [1.54, 1.807) is 0 Å². The summed E-state index contributed by atoms with van der Waals surface area (Å²) in [5.41, 5.74) is 1.28. The molecular formula is C17H31IN6O. The fourth-order valence-electron chi connectivity index (χ4n) is 2.96. The van der Waals surface area contributed by atoms with Gasteiger partial charge in [0.25, 0.3) is 0 Å². The van der Waals surface area contributed by atoms with Crippen molar-refractivity contribution in [2.45, 2.75) is 45.6 Å². The molecule has 0 bridgehead atoms. The van der Waals surface area contributed by atoms with Crippen LogP contribution in [-0.4, -0.2) is 58.8 Å². The van der Waals surface area contributed by atoms with Crippen molar-refractivity contribution in [2.24, 2.45) is 12.0 Å². The lowest BCUT2D eigenvalue weighted by Crippen LogP contribution is -2.40. The van der Waals surface area contributed by atoms with Gasteiger partial charge in [0, 0.05) is 51.3 Å². The first-order valence-corrected chi connectivity index (χ1v) is 8.80. The number of nitrogens with one attached hydrogen (secondary N) is 2. The van der Waals surface area contributed by atoms with E-state index in [0.717, 1.165) is 32.0 Å². The van der Waals surface area contributed by atoms with Gasteiger partial charge in [-0.1, -0.05) is 0 Å². The van der Waals surface area contributed by atoms with Gasteiger partial charge < -0.3 is 15.5 Å². The number of aryl methyl sites for hydroxylation is 1. The minimum atomic E-state index is 0. The summed E-state index contributed by atoms with van der Waals surface area (Å²) in [6.07, 6.45) is 5.57. The maximum atomic E-state index is 11.7. The quantitative estimate of drug-likeness (QED) is 0.384. The molecule has 0 radical (unpaired) electrons. The molecule has 0 aliphatic carbocycles. The number of amides is 1. The number of rotatable bonds is 6. The molecule has 0 aromatic carbocycles. The molecule has 0 spiro atoms. The van der Waals surface area contributed by atoms with E-state index in [-0.39, 0.29) is 35.9 Å². The van der Waals surface area contributed by atoms with Crippen LogP contribution < -0.4 is 10.6 Å². The van der Waals surface area contributed by atoms with Crippen molar-refractivity contribution in [3.8, 4) is 0 Å². The molecule has 1 unspecified atom stereocenters. The molecule has 2 heterocycles. The van der Waals surface area contributed by atoms with Crippen LogP contribution in [0.25, 0.3) is 0 Å². The average Bonchev–Trinajstić information content (AvgIpc) is 3.14. The monoisotopic (exact) mass is 462 g/mol. The highest BCUT2D eigenvalue weighted by Crippen LogP contribution is 2.26. The second kappa shape index (κ2) is 10.6. The Morgan fingerprint density at radius 1 is 1.48 bits per heavy atom. The lowest BCUT2D eigenvalue weighted by atomic mass is 10.0. The standard InChI is InChI=1S/C17H30N6O.HI/c1-5-18-17(19-8-6-16(24)21-13(2)3)23-9-7-14(12-23)15-10-20-22(4)11-15;/h10-11,13-14H,5-9,12H2,1-4H3,(H,18,19)(H,21,24);1H. The van der Waals surface area contributed by atoms with E-state index in [9.17, 15) is 4.79 Å². The van der Waals surface area contributed by atoms with Gasteiger partial charge in [-0.15, -0.1) is 24.0 Å². The Balaban J connectivity index is 0.00000312. The highest BCUT2D eigenvalue weighted by molar-refractivity contribution is 14.0. The fourth-order valence-corrected chi connectivity index (χ4v) is 2.96. The molecule has 1 aromatic rings. The molecule has 8 heteroatoms.